The van der Waals surface area contributed by atoms with Crippen LogP contribution in [0.15, 0.2) is 76.7 Å². The Balaban J connectivity index is 1.59. The maximum Gasteiger partial charge on any atom is 0.146 e. The summed E-state index contributed by atoms with van der Waals surface area (Å²) in [4.78, 5) is 1.20. The molecule has 0 spiro atoms. The molecule has 0 radical (unpaired) electrons. The van der Waals surface area contributed by atoms with E-state index >= 15 is 0 Å². The van der Waals surface area contributed by atoms with E-state index in [1.54, 1.807) is 23.9 Å². The second-order valence-corrected chi connectivity index (χ2v) is 9.76. The highest BCUT2D eigenvalue weighted by Crippen LogP contribution is 2.39. The number of nitrogens with zero attached hydrogens (tertiary/aromatic N) is 1. The van der Waals surface area contributed by atoms with Crippen molar-refractivity contribution in [3.8, 4) is 28.1 Å². The third kappa shape index (κ3) is 5.05. The summed E-state index contributed by atoms with van der Waals surface area (Å²) >= 11 is 14.6. The van der Waals surface area contributed by atoms with Crippen molar-refractivity contribution in [2.24, 2.45) is 0 Å². The van der Waals surface area contributed by atoms with Gasteiger partial charge in [0.15, 0.2) is 0 Å². The Morgan fingerprint density at radius 3 is 2.32 bits per heavy atom. The zero-order valence-electron chi connectivity index (χ0n) is 19.3. The van der Waals surface area contributed by atoms with Crippen molar-refractivity contribution in [3.05, 3.63) is 94.2 Å². The Bertz CT molecular complexity index is 1290. The van der Waals surface area contributed by atoms with Gasteiger partial charge in [-0.05, 0) is 53.3 Å². The Labute approximate surface area is 214 Å². The molecule has 0 bridgehead atoms. The second-order valence-electron chi connectivity index (χ2n) is 8.10. The van der Waals surface area contributed by atoms with Gasteiger partial charge >= 0.3 is 0 Å². The van der Waals surface area contributed by atoms with E-state index in [0.717, 1.165) is 33.8 Å². The highest BCUT2D eigenvalue weighted by molar-refractivity contribution is 7.98. The predicted octanol–water partition coefficient (Wildman–Crippen LogP) is 9.38. The molecule has 3 aromatic carbocycles. The molecule has 0 aliphatic heterocycles. The summed E-state index contributed by atoms with van der Waals surface area (Å²) in [6.07, 6.45) is 3.95. The second kappa shape index (κ2) is 10.7. The van der Waals surface area contributed by atoms with Crippen molar-refractivity contribution in [1.82, 2.24) is 5.16 Å². The first-order chi connectivity index (χ1) is 16.4. The van der Waals surface area contributed by atoms with Gasteiger partial charge in [-0.25, -0.2) is 0 Å². The summed E-state index contributed by atoms with van der Waals surface area (Å²) in [6.45, 7) is 8.29. The standard InChI is InChI=1S/C28H25Cl2NO2S/c1-5-18-9-10-20(15-25(18)34-4)19-11-13-21(14-12-19)32-16-22-27(31-33-28(22)17(2)3)26-23(29)7-6-8-24(26)30/h5-15,17H,1,16H2,2-4H3. The topological polar surface area (TPSA) is 35.3 Å². The van der Waals surface area contributed by atoms with Crippen molar-refractivity contribution in [3.63, 3.8) is 0 Å². The predicted molar refractivity (Wildman–Crippen MR) is 144 cm³/mol. The van der Waals surface area contributed by atoms with E-state index in [1.165, 1.54) is 4.90 Å². The van der Waals surface area contributed by atoms with Gasteiger partial charge < -0.3 is 9.26 Å². The van der Waals surface area contributed by atoms with E-state index < -0.39 is 0 Å². The molecule has 0 amide bonds. The monoisotopic (exact) mass is 509 g/mol. The zero-order valence-corrected chi connectivity index (χ0v) is 21.6. The lowest BCUT2D eigenvalue weighted by molar-refractivity contribution is 0.298. The SMILES string of the molecule is C=Cc1ccc(-c2ccc(OCc3c(-c4c(Cl)cccc4Cl)noc3C(C)C)cc2)cc1SC. The zero-order chi connectivity index (χ0) is 24.2. The van der Waals surface area contributed by atoms with Gasteiger partial charge in [-0.15, -0.1) is 11.8 Å². The van der Waals surface area contributed by atoms with Crippen molar-refractivity contribution >= 4 is 41.0 Å². The van der Waals surface area contributed by atoms with Gasteiger partial charge in [0.25, 0.3) is 0 Å². The van der Waals surface area contributed by atoms with E-state index in [1.807, 2.05) is 24.3 Å². The molecule has 4 rings (SSSR count). The van der Waals surface area contributed by atoms with Gasteiger partial charge in [-0.2, -0.15) is 0 Å². The van der Waals surface area contributed by atoms with E-state index in [4.69, 9.17) is 32.5 Å². The molecule has 0 aliphatic rings. The van der Waals surface area contributed by atoms with Crippen LogP contribution in [-0.4, -0.2) is 11.4 Å². The average molecular weight is 510 g/mol. The largest absolute Gasteiger partial charge is 0.489 e. The maximum absolute atomic E-state index is 6.44. The van der Waals surface area contributed by atoms with E-state index in [0.29, 0.717) is 21.3 Å². The Morgan fingerprint density at radius 1 is 1.03 bits per heavy atom. The molecule has 3 nitrogen and oxygen atoms in total. The molecule has 174 valence electrons. The van der Waals surface area contributed by atoms with Gasteiger partial charge in [0.2, 0.25) is 0 Å². The smallest absolute Gasteiger partial charge is 0.146 e. The summed E-state index contributed by atoms with van der Waals surface area (Å²) in [5.41, 5.74) is 5.53. The number of aromatic nitrogens is 1. The molecule has 0 atom stereocenters. The van der Waals surface area contributed by atoms with Crippen LogP contribution in [0.1, 0.15) is 36.7 Å². The molecule has 1 heterocycles. The Morgan fingerprint density at radius 2 is 1.71 bits per heavy atom. The lowest BCUT2D eigenvalue weighted by Gasteiger charge is -2.12. The van der Waals surface area contributed by atoms with Crippen molar-refractivity contribution in [1.29, 1.82) is 0 Å². The van der Waals surface area contributed by atoms with Crippen LogP contribution in [0.5, 0.6) is 5.75 Å². The first kappa shape index (κ1) is 24.5. The molecule has 0 fully saturated rings. The fourth-order valence-electron chi connectivity index (χ4n) is 3.79. The molecule has 0 N–H and O–H groups in total. The molecule has 0 unspecified atom stereocenters. The molecular weight excluding hydrogens is 485 g/mol. The molecule has 6 heteroatoms. The Kier molecular flexibility index (Phi) is 7.72. The van der Waals surface area contributed by atoms with Crippen molar-refractivity contribution in [2.45, 2.75) is 31.3 Å². The fraction of sp³-hybridized carbons (Fsp3) is 0.179. The summed E-state index contributed by atoms with van der Waals surface area (Å²) in [5, 5.41) is 5.34. The Hall–Kier alpha value is -2.66. The van der Waals surface area contributed by atoms with Gasteiger partial charge in [0.1, 0.15) is 23.8 Å². The molecule has 34 heavy (non-hydrogen) atoms. The quantitative estimate of drug-likeness (QED) is 0.221. The van der Waals surface area contributed by atoms with Crippen LogP contribution in [0.2, 0.25) is 10.0 Å². The number of benzene rings is 3. The molecule has 0 saturated heterocycles. The van der Waals surface area contributed by atoms with Crippen molar-refractivity contribution in [2.75, 3.05) is 6.26 Å². The normalized spacial score (nSPS) is 11.1. The molecule has 0 aliphatic carbocycles. The highest BCUT2D eigenvalue weighted by Gasteiger charge is 2.23. The number of thioether (sulfide) groups is 1. The van der Waals surface area contributed by atoms with E-state index in [9.17, 15) is 0 Å². The van der Waals surface area contributed by atoms with Gasteiger partial charge in [-0.3, -0.25) is 0 Å². The van der Waals surface area contributed by atoms with Crippen LogP contribution in [0.3, 0.4) is 0 Å². The minimum atomic E-state index is 0.132. The van der Waals surface area contributed by atoms with Crippen LogP contribution in [0.25, 0.3) is 28.5 Å². The maximum atomic E-state index is 6.44. The third-order valence-corrected chi connectivity index (χ3v) is 6.99. The van der Waals surface area contributed by atoms with Crippen LogP contribution < -0.4 is 4.74 Å². The van der Waals surface area contributed by atoms with Crippen LogP contribution in [0.4, 0.5) is 0 Å². The number of rotatable bonds is 8. The van der Waals surface area contributed by atoms with Crippen LogP contribution >= 0.6 is 35.0 Å². The number of halogens is 2. The third-order valence-electron chi connectivity index (χ3n) is 5.57. The van der Waals surface area contributed by atoms with Crippen molar-refractivity contribution < 1.29 is 9.26 Å². The summed E-state index contributed by atoms with van der Waals surface area (Å²) in [5.74, 6) is 1.64. The summed E-state index contributed by atoms with van der Waals surface area (Å²) < 4.78 is 11.8. The number of ether oxygens (including phenoxy) is 1. The minimum absolute atomic E-state index is 0.132. The number of hydrogen-bond acceptors (Lipinski definition) is 4. The molecular formula is C28H25Cl2NO2S. The molecule has 4 aromatic rings. The minimum Gasteiger partial charge on any atom is -0.489 e. The van der Waals surface area contributed by atoms with E-state index in [-0.39, 0.29) is 12.5 Å². The van der Waals surface area contributed by atoms with Crippen LogP contribution in [-0.2, 0) is 6.61 Å². The lowest BCUT2D eigenvalue weighted by atomic mass is 10.0. The average Bonchev–Trinajstić information content (AvgIpc) is 3.26. The summed E-state index contributed by atoms with van der Waals surface area (Å²) in [6, 6.07) is 19.8. The summed E-state index contributed by atoms with van der Waals surface area (Å²) in [7, 11) is 0. The van der Waals surface area contributed by atoms with Gasteiger partial charge in [0, 0.05) is 16.4 Å². The van der Waals surface area contributed by atoms with E-state index in [2.05, 4.69) is 62.2 Å². The fourth-order valence-corrected chi connectivity index (χ4v) is 5.00. The molecule has 0 saturated carbocycles. The first-order valence-electron chi connectivity index (χ1n) is 10.9. The highest BCUT2D eigenvalue weighted by atomic mass is 35.5. The van der Waals surface area contributed by atoms with Crippen LogP contribution in [0, 0.1) is 0 Å². The molecule has 1 aromatic heterocycles. The van der Waals surface area contributed by atoms with Gasteiger partial charge in [-0.1, -0.05) is 85.2 Å². The lowest BCUT2D eigenvalue weighted by Crippen LogP contribution is -2.01. The number of hydrogen-bond donors (Lipinski definition) is 0. The van der Waals surface area contributed by atoms with Gasteiger partial charge in [0.05, 0.1) is 15.6 Å². The first-order valence-corrected chi connectivity index (χ1v) is 12.9.